The maximum absolute atomic E-state index is 13.1. The molecule has 2 heterocycles. The first-order chi connectivity index (χ1) is 14.8. The van der Waals surface area contributed by atoms with Crippen molar-refractivity contribution in [3.8, 4) is 5.69 Å². The quantitative estimate of drug-likeness (QED) is 0.307. The van der Waals surface area contributed by atoms with Crippen LogP contribution in [0, 0.1) is 24.3 Å². The van der Waals surface area contributed by atoms with Crippen molar-refractivity contribution in [2.24, 2.45) is 0 Å². The molecule has 2 aromatic carbocycles. The van der Waals surface area contributed by atoms with Crippen LogP contribution >= 0.6 is 22.6 Å². The Bertz CT molecular complexity index is 1240. The first-order valence-corrected chi connectivity index (χ1v) is 10.8. The minimum absolute atomic E-state index is 0.0812. The molecule has 31 heavy (non-hydrogen) atoms. The SMILES string of the molecule is Cc1ccc(-n2c(C)cc(C=C3C(=O)NC(=O)N(c4ccc(I)cc4)C3=O)c2C)cc1. The second-order valence-corrected chi connectivity index (χ2v) is 8.68. The highest BCUT2D eigenvalue weighted by Gasteiger charge is 2.37. The van der Waals surface area contributed by atoms with Crippen LogP contribution in [-0.2, 0) is 9.59 Å². The minimum atomic E-state index is -0.751. The van der Waals surface area contributed by atoms with E-state index in [1.165, 1.54) is 5.56 Å². The largest absolute Gasteiger partial charge is 0.335 e. The number of hydrogen-bond donors (Lipinski definition) is 1. The lowest BCUT2D eigenvalue weighted by Gasteiger charge is -2.26. The van der Waals surface area contributed by atoms with Crippen LogP contribution in [0.3, 0.4) is 0 Å². The van der Waals surface area contributed by atoms with Gasteiger partial charge in [0.2, 0.25) is 0 Å². The number of rotatable bonds is 3. The van der Waals surface area contributed by atoms with Gasteiger partial charge in [-0.2, -0.15) is 0 Å². The predicted molar refractivity (Wildman–Crippen MR) is 128 cm³/mol. The summed E-state index contributed by atoms with van der Waals surface area (Å²) < 4.78 is 3.04. The van der Waals surface area contributed by atoms with Crippen LogP contribution in [0.25, 0.3) is 11.8 Å². The lowest BCUT2D eigenvalue weighted by Crippen LogP contribution is -2.54. The molecule has 0 radical (unpaired) electrons. The standard InChI is InChI=1S/C24H20IN3O3/c1-14-4-8-19(9-5-14)27-15(2)12-17(16(27)3)13-21-22(29)26-24(31)28(23(21)30)20-10-6-18(25)7-11-20/h4-13H,1-3H3,(H,26,29,31). The number of nitrogens with zero attached hydrogens (tertiary/aromatic N) is 2. The summed E-state index contributed by atoms with van der Waals surface area (Å²) in [5, 5.41) is 2.27. The highest BCUT2D eigenvalue weighted by Crippen LogP contribution is 2.26. The normalized spacial score (nSPS) is 15.5. The molecule has 1 aliphatic heterocycles. The molecule has 0 aliphatic carbocycles. The first-order valence-electron chi connectivity index (χ1n) is 9.69. The molecule has 1 aromatic heterocycles. The van der Waals surface area contributed by atoms with Crippen LogP contribution in [0.15, 0.2) is 60.2 Å². The highest BCUT2D eigenvalue weighted by atomic mass is 127. The molecule has 4 amide bonds. The number of hydrogen-bond acceptors (Lipinski definition) is 3. The second kappa shape index (κ2) is 8.14. The van der Waals surface area contributed by atoms with E-state index in [2.05, 4.69) is 32.5 Å². The molecular formula is C24H20IN3O3. The molecule has 0 unspecified atom stereocenters. The molecule has 1 fully saturated rings. The predicted octanol–water partition coefficient (Wildman–Crippen LogP) is 4.67. The molecule has 0 atom stereocenters. The van der Waals surface area contributed by atoms with Gasteiger partial charge in [-0.1, -0.05) is 17.7 Å². The Hall–Kier alpha value is -3.20. The van der Waals surface area contributed by atoms with E-state index < -0.39 is 17.8 Å². The maximum Gasteiger partial charge on any atom is 0.335 e. The van der Waals surface area contributed by atoms with Gasteiger partial charge in [-0.05, 0) is 97.5 Å². The van der Waals surface area contributed by atoms with E-state index in [4.69, 9.17) is 0 Å². The number of nitrogens with one attached hydrogen (secondary N) is 1. The van der Waals surface area contributed by atoms with Crippen molar-refractivity contribution in [2.75, 3.05) is 4.90 Å². The van der Waals surface area contributed by atoms with E-state index in [0.717, 1.165) is 31.1 Å². The number of aromatic nitrogens is 1. The van der Waals surface area contributed by atoms with Gasteiger partial charge in [0.1, 0.15) is 5.57 Å². The number of barbiturate groups is 1. The monoisotopic (exact) mass is 525 g/mol. The molecule has 4 rings (SSSR count). The van der Waals surface area contributed by atoms with Crippen molar-refractivity contribution >= 4 is 52.2 Å². The van der Waals surface area contributed by atoms with Gasteiger partial charge in [0.15, 0.2) is 0 Å². The fourth-order valence-electron chi connectivity index (χ4n) is 3.66. The van der Waals surface area contributed by atoms with E-state index in [1.807, 2.05) is 51.1 Å². The third-order valence-corrected chi connectivity index (χ3v) is 5.97. The Kier molecular flexibility index (Phi) is 5.53. The van der Waals surface area contributed by atoms with E-state index in [1.54, 1.807) is 30.3 Å². The molecule has 1 saturated heterocycles. The Morgan fingerprint density at radius 1 is 0.871 bits per heavy atom. The molecule has 3 aromatic rings. The van der Waals surface area contributed by atoms with Crippen molar-refractivity contribution in [1.82, 2.24) is 9.88 Å². The van der Waals surface area contributed by atoms with Gasteiger partial charge in [0.05, 0.1) is 5.69 Å². The number of anilines is 1. The van der Waals surface area contributed by atoms with E-state index in [0.29, 0.717) is 5.69 Å². The van der Waals surface area contributed by atoms with E-state index >= 15 is 0 Å². The van der Waals surface area contributed by atoms with Crippen molar-refractivity contribution in [1.29, 1.82) is 0 Å². The zero-order valence-electron chi connectivity index (χ0n) is 17.3. The number of imide groups is 2. The molecule has 0 bridgehead atoms. The summed E-state index contributed by atoms with van der Waals surface area (Å²) in [4.78, 5) is 39.0. The Morgan fingerprint density at radius 2 is 1.48 bits per heavy atom. The third-order valence-electron chi connectivity index (χ3n) is 5.25. The Morgan fingerprint density at radius 3 is 2.13 bits per heavy atom. The van der Waals surface area contributed by atoms with Gasteiger partial charge >= 0.3 is 6.03 Å². The van der Waals surface area contributed by atoms with Gasteiger partial charge in [-0.15, -0.1) is 0 Å². The number of amides is 4. The lowest BCUT2D eigenvalue weighted by molar-refractivity contribution is -0.122. The van der Waals surface area contributed by atoms with Crippen LogP contribution in [0.5, 0.6) is 0 Å². The van der Waals surface area contributed by atoms with Crippen LogP contribution in [-0.4, -0.2) is 22.4 Å². The minimum Gasteiger partial charge on any atom is -0.318 e. The smallest absolute Gasteiger partial charge is 0.318 e. The van der Waals surface area contributed by atoms with Crippen LogP contribution in [0.2, 0.25) is 0 Å². The van der Waals surface area contributed by atoms with Crippen LogP contribution in [0.4, 0.5) is 10.5 Å². The molecule has 0 spiro atoms. The number of halogens is 1. The summed E-state index contributed by atoms with van der Waals surface area (Å²) in [6.07, 6.45) is 1.55. The van der Waals surface area contributed by atoms with Gasteiger partial charge < -0.3 is 4.57 Å². The van der Waals surface area contributed by atoms with Crippen molar-refractivity contribution in [2.45, 2.75) is 20.8 Å². The molecule has 1 N–H and O–H groups in total. The van der Waals surface area contributed by atoms with Crippen molar-refractivity contribution in [3.63, 3.8) is 0 Å². The first kappa shape index (κ1) is 21.0. The van der Waals surface area contributed by atoms with Crippen LogP contribution in [0.1, 0.15) is 22.5 Å². The summed E-state index contributed by atoms with van der Waals surface area (Å²) in [6, 6.07) is 16.3. The fraction of sp³-hybridized carbons (Fsp3) is 0.125. The van der Waals surface area contributed by atoms with Gasteiger partial charge in [0, 0.05) is 20.6 Å². The number of carbonyl (C=O) groups excluding carboxylic acids is 3. The maximum atomic E-state index is 13.1. The summed E-state index contributed by atoms with van der Waals surface area (Å²) in [5.74, 6) is -1.34. The number of carbonyl (C=O) groups is 3. The molecule has 1 aliphatic rings. The molecular weight excluding hydrogens is 505 g/mol. The fourth-order valence-corrected chi connectivity index (χ4v) is 4.02. The average molecular weight is 525 g/mol. The Labute approximate surface area is 193 Å². The highest BCUT2D eigenvalue weighted by molar-refractivity contribution is 14.1. The van der Waals surface area contributed by atoms with Gasteiger partial charge in [-0.3, -0.25) is 14.9 Å². The number of urea groups is 1. The summed E-state index contributed by atoms with van der Waals surface area (Å²) >= 11 is 2.14. The van der Waals surface area contributed by atoms with E-state index in [-0.39, 0.29) is 5.57 Å². The summed E-state index contributed by atoms with van der Waals surface area (Å²) in [7, 11) is 0. The van der Waals surface area contributed by atoms with Crippen molar-refractivity contribution in [3.05, 3.63) is 86.3 Å². The Balaban J connectivity index is 1.75. The average Bonchev–Trinajstić information content (AvgIpc) is 3.00. The molecule has 6 nitrogen and oxygen atoms in total. The number of benzene rings is 2. The lowest BCUT2D eigenvalue weighted by atomic mass is 10.1. The summed E-state index contributed by atoms with van der Waals surface area (Å²) in [6.45, 7) is 5.94. The zero-order valence-corrected chi connectivity index (χ0v) is 19.4. The van der Waals surface area contributed by atoms with Crippen molar-refractivity contribution < 1.29 is 14.4 Å². The van der Waals surface area contributed by atoms with E-state index in [9.17, 15) is 14.4 Å². The van der Waals surface area contributed by atoms with Crippen LogP contribution < -0.4 is 10.2 Å². The molecule has 0 saturated carbocycles. The third kappa shape index (κ3) is 3.93. The molecule has 156 valence electrons. The second-order valence-electron chi connectivity index (χ2n) is 7.43. The van der Waals surface area contributed by atoms with Gasteiger partial charge in [0.25, 0.3) is 11.8 Å². The molecule has 7 heteroatoms. The topological polar surface area (TPSA) is 71.4 Å². The summed E-state index contributed by atoms with van der Waals surface area (Å²) in [5.41, 5.74) is 5.11. The number of aryl methyl sites for hydroxylation is 2. The zero-order chi connectivity index (χ0) is 22.3. The van der Waals surface area contributed by atoms with Gasteiger partial charge in [-0.25, -0.2) is 9.69 Å².